The van der Waals surface area contributed by atoms with Crippen LogP contribution in [0.15, 0.2) is 20.2 Å². The van der Waals surface area contributed by atoms with Crippen LogP contribution >= 0.6 is 11.8 Å². The summed E-state index contributed by atoms with van der Waals surface area (Å²) in [4.78, 5) is 15.8. The molecule has 0 unspecified atom stereocenters. The molecule has 7 heteroatoms. The van der Waals surface area contributed by atoms with Crippen molar-refractivity contribution in [2.75, 3.05) is 5.75 Å². The van der Waals surface area contributed by atoms with Crippen molar-refractivity contribution in [3.8, 4) is 0 Å². The van der Waals surface area contributed by atoms with Gasteiger partial charge in [-0.05, 0) is 20.8 Å². The highest BCUT2D eigenvalue weighted by molar-refractivity contribution is 7.99. The monoisotopic (exact) mass is 281 g/mol. The van der Waals surface area contributed by atoms with Gasteiger partial charge in [-0.1, -0.05) is 16.9 Å². The first-order valence-electron chi connectivity index (χ1n) is 5.80. The summed E-state index contributed by atoms with van der Waals surface area (Å²) in [6, 6.07) is 1.79. The van der Waals surface area contributed by atoms with Crippen molar-refractivity contribution in [3.05, 3.63) is 29.0 Å². The quantitative estimate of drug-likeness (QED) is 0.844. The van der Waals surface area contributed by atoms with E-state index in [1.165, 1.54) is 11.8 Å². The molecule has 19 heavy (non-hydrogen) atoms. The van der Waals surface area contributed by atoms with Gasteiger partial charge in [-0.25, -0.2) is 4.98 Å². The summed E-state index contributed by atoms with van der Waals surface area (Å²) in [5, 5.41) is 7.00. The third-order valence-corrected chi connectivity index (χ3v) is 3.30. The second kappa shape index (κ2) is 5.92. The Balaban J connectivity index is 1.75. The maximum atomic E-state index is 11.6. The fourth-order valence-corrected chi connectivity index (χ4v) is 2.11. The Kier molecular flexibility index (Phi) is 4.26. The number of hydrogen-bond donors (Lipinski definition) is 1. The molecular weight excluding hydrogens is 266 g/mol. The minimum Gasteiger partial charge on any atom is -0.437 e. The van der Waals surface area contributed by atoms with Crippen molar-refractivity contribution < 1.29 is 13.7 Å². The van der Waals surface area contributed by atoms with E-state index in [2.05, 4.69) is 15.5 Å². The van der Waals surface area contributed by atoms with Crippen LogP contribution < -0.4 is 5.32 Å². The number of rotatable bonds is 5. The summed E-state index contributed by atoms with van der Waals surface area (Å²) >= 11 is 1.27. The molecule has 0 saturated carbocycles. The van der Waals surface area contributed by atoms with Crippen molar-refractivity contribution >= 4 is 17.7 Å². The van der Waals surface area contributed by atoms with Gasteiger partial charge in [0.15, 0.2) is 5.76 Å². The first-order chi connectivity index (χ1) is 9.04. The number of aryl methyl sites for hydroxylation is 3. The van der Waals surface area contributed by atoms with E-state index in [9.17, 15) is 4.79 Å². The average Bonchev–Trinajstić information content (AvgIpc) is 2.91. The van der Waals surface area contributed by atoms with Gasteiger partial charge in [-0.3, -0.25) is 4.79 Å². The summed E-state index contributed by atoms with van der Waals surface area (Å²) in [6.45, 7) is 5.88. The second-order valence-electron chi connectivity index (χ2n) is 4.12. The Labute approximate surface area is 114 Å². The van der Waals surface area contributed by atoms with E-state index < -0.39 is 0 Å². The number of oxazole rings is 1. The molecule has 1 N–H and O–H groups in total. The summed E-state index contributed by atoms with van der Waals surface area (Å²) in [5.41, 5.74) is 1.64. The molecular formula is C12H15N3O3S. The van der Waals surface area contributed by atoms with E-state index >= 15 is 0 Å². The standard InChI is InChI=1S/C12H15N3O3S/c1-7-4-10(18-15-7)5-13-11(16)6-19-12-14-8(2)9(3)17-12/h4H,5-6H2,1-3H3,(H,13,16). The third-order valence-electron chi connectivity index (χ3n) is 2.47. The number of hydrogen-bond acceptors (Lipinski definition) is 6. The molecule has 0 atom stereocenters. The zero-order chi connectivity index (χ0) is 13.8. The Morgan fingerprint density at radius 3 is 2.79 bits per heavy atom. The molecule has 1 amide bonds. The molecule has 0 fully saturated rings. The SMILES string of the molecule is Cc1cc(CNC(=O)CSc2nc(C)c(C)o2)on1. The summed E-state index contributed by atoms with van der Waals surface area (Å²) in [5.74, 6) is 1.57. The van der Waals surface area contributed by atoms with Crippen molar-refractivity contribution in [1.29, 1.82) is 0 Å². The lowest BCUT2D eigenvalue weighted by Gasteiger charge is -2.00. The molecule has 0 aliphatic heterocycles. The first-order valence-corrected chi connectivity index (χ1v) is 6.79. The molecule has 2 aromatic heterocycles. The third kappa shape index (κ3) is 3.85. The highest BCUT2D eigenvalue weighted by Gasteiger charge is 2.10. The maximum absolute atomic E-state index is 11.6. The second-order valence-corrected chi connectivity index (χ2v) is 5.05. The molecule has 6 nitrogen and oxygen atoms in total. The molecule has 0 saturated heterocycles. The van der Waals surface area contributed by atoms with Gasteiger partial charge < -0.3 is 14.3 Å². The predicted octanol–water partition coefficient (Wildman–Crippen LogP) is 2.00. The molecule has 2 aromatic rings. The number of carbonyl (C=O) groups is 1. The number of aromatic nitrogens is 2. The van der Waals surface area contributed by atoms with Gasteiger partial charge in [-0.15, -0.1) is 0 Å². The van der Waals surface area contributed by atoms with Gasteiger partial charge in [0.25, 0.3) is 5.22 Å². The van der Waals surface area contributed by atoms with Crippen LogP contribution in [0.2, 0.25) is 0 Å². The summed E-state index contributed by atoms with van der Waals surface area (Å²) in [7, 11) is 0. The fraction of sp³-hybridized carbons (Fsp3) is 0.417. The van der Waals surface area contributed by atoms with E-state index in [-0.39, 0.29) is 11.7 Å². The molecule has 0 spiro atoms. The zero-order valence-corrected chi connectivity index (χ0v) is 11.8. The number of amides is 1. The van der Waals surface area contributed by atoms with Crippen LogP contribution in [0.4, 0.5) is 0 Å². The largest absolute Gasteiger partial charge is 0.437 e. The van der Waals surface area contributed by atoms with E-state index in [0.29, 0.717) is 17.5 Å². The van der Waals surface area contributed by atoms with Gasteiger partial charge >= 0.3 is 0 Å². The number of nitrogens with one attached hydrogen (secondary N) is 1. The highest BCUT2D eigenvalue weighted by Crippen LogP contribution is 2.19. The molecule has 2 rings (SSSR count). The smallest absolute Gasteiger partial charge is 0.256 e. The molecule has 0 aliphatic carbocycles. The normalized spacial score (nSPS) is 10.7. The van der Waals surface area contributed by atoms with Crippen LogP contribution in [0.3, 0.4) is 0 Å². The number of nitrogens with zero attached hydrogens (tertiary/aromatic N) is 2. The van der Waals surface area contributed by atoms with Crippen molar-refractivity contribution in [2.24, 2.45) is 0 Å². The lowest BCUT2D eigenvalue weighted by atomic mass is 10.4. The lowest BCUT2D eigenvalue weighted by molar-refractivity contribution is -0.118. The predicted molar refractivity (Wildman–Crippen MR) is 69.8 cm³/mol. The van der Waals surface area contributed by atoms with Crippen LogP contribution in [-0.4, -0.2) is 21.8 Å². The van der Waals surface area contributed by atoms with Gasteiger partial charge in [0, 0.05) is 6.07 Å². The Bertz CT molecular complexity index is 557. The Morgan fingerprint density at radius 1 is 1.42 bits per heavy atom. The van der Waals surface area contributed by atoms with Crippen LogP contribution in [0.1, 0.15) is 22.9 Å². The minimum absolute atomic E-state index is 0.104. The topological polar surface area (TPSA) is 81.2 Å². The minimum atomic E-state index is -0.104. The Morgan fingerprint density at radius 2 is 2.21 bits per heavy atom. The van der Waals surface area contributed by atoms with Gasteiger partial charge in [-0.2, -0.15) is 0 Å². The summed E-state index contributed by atoms with van der Waals surface area (Å²) < 4.78 is 10.4. The maximum Gasteiger partial charge on any atom is 0.256 e. The molecule has 0 radical (unpaired) electrons. The average molecular weight is 281 g/mol. The van der Waals surface area contributed by atoms with Gasteiger partial charge in [0.1, 0.15) is 5.76 Å². The molecule has 0 aliphatic rings. The summed E-state index contributed by atoms with van der Waals surface area (Å²) in [6.07, 6.45) is 0. The van der Waals surface area contributed by atoms with E-state index in [4.69, 9.17) is 8.94 Å². The van der Waals surface area contributed by atoms with E-state index in [1.807, 2.05) is 20.8 Å². The van der Waals surface area contributed by atoms with Crippen molar-refractivity contribution in [1.82, 2.24) is 15.5 Å². The van der Waals surface area contributed by atoms with E-state index in [1.54, 1.807) is 6.07 Å². The van der Waals surface area contributed by atoms with Crippen LogP contribution in [0, 0.1) is 20.8 Å². The zero-order valence-electron chi connectivity index (χ0n) is 11.0. The Hall–Kier alpha value is -1.76. The van der Waals surface area contributed by atoms with Crippen molar-refractivity contribution in [2.45, 2.75) is 32.5 Å². The van der Waals surface area contributed by atoms with Gasteiger partial charge in [0.05, 0.1) is 23.7 Å². The van der Waals surface area contributed by atoms with Crippen LogP contribution in [-0.2, 0) is 11.3 Å². The molecule has 0 bridgehead atoms. The van der Waals surface area contributed by atoms with Crippen molar-refractivity contribution in [3.63, 3.8) is 0 Å². The van der Waals surface area contributed by atoms with Crippen LogP contribution in [0.25, 0.3) is 0 Å². The van der Waals surface area contributed by atoms with Gasteiger partial charge in [0.2, 0.25) is 5.91 Å². The molecule has 2 heterocycles. The number of carbonyl (C=O) groups excluding carboxylic acids is 1. The first kappa shape index (κ1) is 13.7. The number of thioether (sulfide) groups is 1. The van der Waals surface area contributed by atoms with Crippen LogP contribution in [0.5, 0.6) is 0 Å². The fourth-order valence-electron chi connectivity index (χ4n) is 1.37. The highest BCUT2D eigenvalue weighted by atomic mass is 32.2. The van der Waals surface area contributed by atoms with E-state index in [0.717, 1.165) is 17.1 Å². The molecule has 0 aromatic carbocycles. The lowest BCUT2D eigenvalue weighted by Crippen LogP contribution is -2.24. The molecule has 102 valence electrons.